The van der Waals surface area contributed by atoms with Gasteiger partial charge in [0.05, 0.1) is 5.69 Å². The van der Waals surface area contributed by atoms with E-state index in [9.17, 15) is 4.79 Å². The second-order valence-electron chi connectivity index (χ2n) is 5.68. The number of hydrogen-bond acceptors (Lipinski definition) is 4. The van der Waals surface area contributed by atoms with Crippen molar-refractivity contribution in [3.05, 3.63) is 47.9 Å². The summed E-state index contributed by atoms with van der Waals surface area (Å²) >= 11 is 0. The SMILES string of the molecule is NNC(=O)c1nc(-c2ccccc2)cc(C2CCCCC2)n1. The maximum atomic E-state index is 11.9. The summed E-state index contributed by atoms with van der Waals surface area (Å²) in [6.45, 7) is 0. The third-order valence-corrected chi connectivity index (χ3v) is 4.17. The predicted octanol–water partition coefficient (Wildman–Crippen LogP) is 2.79. The van der Waals surface area contributed by atoms with Gasteiger partial charge in [-0.15, -0.1) is 0 Å². The molecular weight excluding hydrogens is 276 g/mol. The molecule has 1 aromatic heterocycles. The lowest BCUT2D eigenvalue weighted by Gasteiger charge is -2.21. The normalized spacial score (nSPS) is 15.5. The average Bonchev–Trinajstić information content (AvgIpc) is 2.62. The lowest BCUT2D eigenvalue weighted by molar-refractivity contribution is 0.0943. The fraction of sp³-hybridized carbons (Fsp3) is 0.353. The Kier molecular flexibility index (Phi) is 4.44. The van der Waals surface area contributed by atoms with E-state index in [1.807, 2.05) is 36.4 Å². The zero-order valence-electron chi connectivity index (χ0n) is 12.5. The third-order valence-electron chi connectivity index (χ3n) is 4.17. The molecule has 0 saturated heterocycles. The number of aromatic nitrogens is 2. The number of hydrazine groups is 1. The first-order valence-electron chi connectivity index (χ1n) is 7.73. The molecule has 5 nitrogen and oxygen atoms in total. The zero-order valence-corrected chi connectivity index (χ0v) is 12.5. The molecule has 1 amide bonds. The first-order chi connectivity index (χ1) is 10.8. The van der Waals surface area contributed by atoms with Gasteiger partial charge < -0.3 is 0 Å². The van der Waals surface area contributed by atoms with Crippen LogP contribution in [0.4, 0.5) is 0 Å². The molecule has 0 atom stereocenters. The number of rotatable bonds is 3. The zero-order chi connectivity index (χ0) is 15.4. The van der Waals surface area contributed by atoms with Gasteiger partial charge in [0.15, 0.2) is 0 Å². The second kappa shape index (κ2) is 6.66. The van der Waals surface area contributed by atoms with Gasteiger partial charge in [0.2, 0.25) is 5.82 Å². The van der Waals surface area contributed by atoms with Crippen molar-refractivity contribution < 1.29 is 4.79 Å². The Morgan fingerprint density at radius 3 is 2.50 bits per heavy atom. The molecule has 114 valence electrons. The van der Waals surface area contributed by atoms with Crippen molar-refractivity contribution in [3.8, 4) is 11.3 Å². The number of amides is 1. The third kappa shape index (κ3) is 3.14. The highest BCUT2D eigenvalue weighted by Crippen LogP contribution is 2.33. The van der Waals surface area contributed by atoms with Gasteiger partial charge in [-0.1, -0.05) is 49.6 Å². The Bertz CT molecular complexity index is 651. The van der Waals surface area contributed by atoms with Crippen LogP contribution in [0.3, 0.4) is 0 Å². The Labute approximate surface area is 129 Å². The minimum Gasteiger partial charge on any atom is -0.287 e. The minimum atomic E-state index is -0.449. The van der Waals surface area contributed by atoms with Crippen LogP contribution in [0.2, 0.25) is 0 Å². The van der Waals surface area contributed by atoms with Crippen LogP contribution < -0.4 is 11.3 Å². The van der Waals surface area contributed by atoms with Crippen LogP contribution in [-0.2, 0) is 0 Å². The highest BCUT2D eigenvalue weighted by molar-refractivity contribution is 5.90. The van der Waals surface area contributed by atoms with Gasteiger partial charge in [-0.3, -0.25) is 10.2 Å². The number of hydrogen-bond donors (Lipinski definition) is 2. The van der Waals surface area contributed by atoms with Crippen molar-refractivity contribution in [3.63, 3.8) is 0 Å². The van der Waals surface area contributed by atoms with Gasteiger partial charge in [0, 0.05) is 17.2 Å². The molecule has 3 rings (SSSR count). The van der Waals surface area contributed by atoms with Crippen LogP contribution in [0.25, 0.3) is 11.3 Å². The molecule has 1 aliphatic rings. The van der Waals surface area contributed by atoms with Crippen LogP contribution >= 0.6 is 0 Å². The fourth-order valence-corrected chi connectivity index (χ4v) is 3.00. The van der Waals surface area contributed by atoms with E-state index in [4.69, 9.17) is 5.84 Å². The van der Waals surface area contributed by atoms with Crippen LogP contribution in [-0.4, -0.2) is 15.9 Å². The van der Waals surface area contributed by atoms with Gasteiger partial charge in [-0.2, -0.15) is 0 Å². The largest absolute Gasteiger partial charge is 0.302 e. The molecule has 1 saturated carbocycles. The summed E-state index contributed by atoms with van der Waals surface area (Å²) in [7, 11) is 0. The van der Waals surface area contributed by atoms with Crippen LogP contribution in [0.5, 0.6) is 0 Å². The smallest absolute Gasteiger partial charge is 0.287 e. The maximum Gasteiger partial charge on any atom is 0.302 e. The Hall–Kier alpha value is -2.27. The summed E-state index contributed by atoms with van der Waals surface area (Å²) in [4.78, 5) is 20.7. The van der Waals surface area contributed by atoms with E-state index in [1.165, 1.54) is 19.3 Å². The van der Waals surface area contributed by atoms with Crippen LogP contribution in [0, 0.1) is 0 Å². The number of nitrogens with one attached hydrogen (secondary N) is 1. The Morgan fingerprint density at radius 2 is 1.82 bits per heavy atom. The summed E-state index contributed by atoms with van der Waals surface area (Å²) in [5.74, 6) is 5.34. The molecule has 0 unspecified atom stereocenters. The quantitative estimate of drug-likeness (QED) is 0.518. The predicted molar refractivity (Wildman–Crippen MR) is 84.9 cm³/mol. The number of carbonyl (C=O) groups is 1. The fourth-order valence-electron chi connectivity index (χ4n) is 3.00. The van der Waals surface area contributed by atoms with Crippen molar-refractivity contribution in [2.75, 3.05) is 0 Å². The van der Waals surface area contributed by atoms with Gasteiger partial charge in [0.25, 0.3) is 0 Å². The van der Waals surface area contributed by atoms with E-state index in [2.05, 4.69) is 15.4 Å². The van der Waals surface area contributed by atoms with Gasteiger partial charge in [-0.25, -0.2) is 15.8 Å². The molecule has 1 aromatic carbocycles. The first kappa shape index (κ1) is 14.7. The summed E-state index contributed by atoms with van der Waals surface area (Å²) < 4.78 is 0. The van der Waals surface area contributed by atoms with Gasteiger partial charge >= 0.3 is 5.91 Å². The van der Waals surface area contributed by atoms with E-state index in [0.717, 1.165) is 29.8 Å². The Morgan fingerprint density at radius 1 is 1.09 bits per heavy atom. The van der Waals surface area contributed by atoms with Crippen molar-refractivity contribution >= 4 is 5.91 Å². The van der Waals surface area contributed by atoms with Crippen molar-refractivity contribution in [1.29, 1.82) is 0 Å². The summed E-state index contributed by atoms with van der Waals surface area (Å²) in [6, 6.07) is 11.9. The standard InChI is InChI=1S/C17H20N4O/c18-21-17(22)16-19-14(12-7-3-1-4-8-12)11-15(20-16)13-9-5-2-6-10-13/h1,3-4,7-8,11,13H,2,5-6,9-10,18H2,(H,21,22). The van der Waals surface area contributed by atoms with Gasteiger partial charge in [0.1, 0.15) is 0 Å². The van der Waals surface area contributed by atoms with Crippen molar-refractivity contribution in [1.82, 2.24) is 15.4 Å². The summed E-state index contributed by atoms with van der Waals surface area (Å²) in [6.07, 6.45) is 5.95. The van der Waals surface area contributed by atoms with E-state index in [-0.39, 0.29) is 5.82 Å². The monoisotopic (exact) mass is 296 g/mol. The topological polar surface area (TPSA) is 80.9 Å². The maximum absolute atomic E-state index is 11.9. The number of nitrogen functional groups attached to an aromatic ring is 1. The van der Waals surface area contributed by atoms with E-state index >= 15 is 0 Å². The molecule has 0 spiro atoms. The lowest BCUT2D eigenvalue weighted by atomic mass is 9.86. The molecule has 2 aromatic rings. The van der Waals surface area contributed by atoms with E-state index in [1.54, 1.807) is 0 Å². The average molecular weight is 296 g/mol. The highest BCUT2D eigenvalue weighted by atomic mass is 16.2. The van der Waals surface area contributed by atoms with Crippen LogP contribution in [0.1, 0.15) is 54.3 Å². The molecule has 5 heteroatoms. The van der Waals surface area contributed by atoms with Gasteiger partial charge in [-0.05, 0) is 18.9 Å². The number of nitrogens with two attached hydrogens (primary N) is 1. The second-order valence-corrected chi connectivity index (χ2v) is 5.68. The Balaban J connectivity index is 2.03. The highest BCUT2D eigenvalue weighted by Gasteiger charge is 2.20. The number of nitrogens with zero attached hydrogens (tertiary/aromatic N) is 2. The minimum absolute atomic E-state index is 0.143. The molecule has 0 radical (unpaired) electrons. The van der Waals surface area contributed by atoms with Crippen molar-refractivity contribution in [2.24, 2.45) is 5.84 Å². The number of benzene rings is 1. The summed E-state index contributed by atoms with van der Waals surface area (Å²) in [5, 5.41) is 0. The molecule has 22 heavy (non-hydrogen) atoms. The first-order valence-corrected chi connectivity index (χ1v) is 7.73. The van der Waals surface area contributed by atoms with E-state index in [0.29, 0.717) is 5.92 Å². The molecule has 1 aliphatic carbocycles. The number of carbonyl (C=O) groups excluding carboxylic acids is 1. The molecule has 1 fully saturated rings. The molecule has 1 heterocycles. The van der Waals surface area contributed by atoms with Crippen molar-refractivity contribution in [2.45, 2.75) is 38.0 Å². The lowest BCUT2D eigenvalue weighted by Crippen LogP contribution is -2.32. The molecular formula is C17H20N4O. The molecule has 0 bridgehead atoms. The van der Waals surface area contributed by atoms with Crippen LogP contribution in [0.15, 0.2) is 36.4 Å². The molecule has 0 aliphatic heterocycles. The van der Waals surface area contributed by atoms with E-state index < -0.39 is 5.91 Å². The molecule has 3 N–H and O–H groups in total. The summed E-state index contributed by atoms with van der Waals surface area (Å²) in [5.41, 5.74) is 4.83.